The Kier molecular flexibility index (Phi) is 9.20. The second-order valence-corrected chi connectivity index (χ2v) is 12.7. The highest BCUT2D eigenvalue weighted by Crippen LogP contribution is 2.26. The van der Waals surface area contributed by atoms with Gasteiger partial charge >= 0.3 is 0 Å². The van der Waals surface area contributed by atoms with Gasteiger partial charge in [-0.15, -0.1) is 0 Å². The van der Waals surface area contributed by atoms with E-state index in [1.807, 2.05) is 0 Å². The van der Waals surface area contributed by atoms with Crippen LogP contribution in [0.1, 0.15) is 19.3 Å². The van der Waals surface area contributed by atoms with E-state index in [0.29, 0.717) is 18.8 Å². The molecule has 1 N–H and O–H groups in total. The van der Waals surface area contributed by atoms with Crippen molar-refractivity contribution in [2.45, 2.75) is 29.1 Å². The first-order chi connectivity index (χ1) is 18.7. The molecule has 208 valence electrons. The summed E-state index contributed by atoms with van der Waals surface area (Å²) in [5.41, 5.74) is -0.243. The van der Waals surface area contributed by atoms with Crippen molar-refractivity contribution in [1.29, 1.82) is 0 Å². The largest absolute Gasteiger partial charge is 0.492 e. The van der Waals surface area contributed by atoms with Crippen molar-refractivity contribution in [3.63, 3.8) is 0 Å². The first-order valence-corrected chi connectivity index (χ1v) is 15.4. The van der Waals surface area contributed by atoms with Gasteiger partial charge in [0, 0.05) is 13.1 Å². The lowest BCUT2D eigenvalue weighted by molar-refractivity contribution is -0.119. The fraction of sp³-hybridized carbons (Fsp3) is 0.296. The van der Waals surface area contributed by atoms with Gasteiger partial charge in [-0.3, -0.25) is 9.10 Å². The molecule has 1 aliphatic rings. The topological polar surface area (TPSA) is 113 Å². The minimum atomic E-state index is -4.22. The number of ether oxygens (including phenoxy) is 1. The normalized spacial score (nSPS) is 14.5. The number of hydrogen-bond donors (Lipinski definition) is 1. The summed E-state index contributed by atoms with van der Waals surface area (Å²) in [7, 11) is -7.77. The van der Waals surface area contributed by atoms with E-state index in [0.717, 1.165) is 29.6 Å². The van der Waals surface area contributed by atoms with E-state index in [-0.39, 0.29) is 28.6 Å². The van der Waals surface area contributed by atoms with Gasteiger partial charge in [0.1, 0.15) is 24.7 Å². The number of halogens is 1. The van der Waals surface area contributed by atoms with Crippen molar-refractivity contribution >= 4 is 31.6 Å². The van der Waals surface area contributed by atoms with E-state index in [2.05, 4.69) is 5.32 Å². The van der Waals surface area contributed by atoms with Gasteiger partial charge in [-0.25, -0.2) is 21.2 Å². The standard InChI is InChI=1S/C27H30FN3O6S2/c28-25-11-5-6-12-26(25)31(39(35,36)23-9-3-1-4-10-23)21-27(32)29-17-20-37-22-13-15-24(16-14-22)38(33,34)30-18-7-2-8-19-30/h1,3-6,9-16H,2,7-8,17-21H2,(H,29,32). The molecule has 0 bridgehead atoms. The smallest absolute Gasteiger partial charge is 0.264 e. The number of amides is 1. The summed E-state index contributed by atoms with van der Waals surface area (Å²) in [6, 6.07) is 18.9. The molecule has 39 heavy (non-hydrogen) atoms. The first kappa shape index (κ1) is 28.5. The minimum absolute atomic E-state index is 0.0448. The van der Waals surface area contributed by atoms with Crippen LogP contribution in [0.15, 0.2) is 88.7 Å². The molecular formula is C27H30FN3O6S2. The number of carbonyl (C=O) groups excluding carboxylic acids is 1. The molecule has 9 nitrogen and oxygen atoms in total. The number of hydrogen-bond acceptors (Lipinski definition) is 6. The Bertz CT molecular complexity index is 1480. The van der Waals surface area contributed by atoms with Crippen LogP contribution < -0.4 is 14.4 Å². The lowest BCUT2D eigenvalue weighted by Gasteiger charge is -2.25. The van der Waals surface area contributed by atoms with Gasteiger partial charge in [0.2, 0.25) is 15.9 Å². The van der Waals surface area contributed by atoms with Gasteiger partial charge in [0.15, 0.2) is 0 Å². The number of carbonyl (C=O) groups is 1. The van der Waals surface area contributed by atoms with E-state index >= 15 is 0 Å². The van der Waals surface area contributed by atoms with E-state index in [1.165, 1.54) is 46.8 Å². The molecule has 3 aromatic carbocycles. The highest BCUT2D eigenvalue weighted by molar-refractivity contribution is 7.92. The molecule has 1 fully saturated rings. The molecule has 0 spiro atoms. The summed E-state index contributed by atoms with van der Waals surface area (Å²) in [5, 5.41) is 2.58. The average molecular weight is 576 g/mol. The SMILES string of the molecule is O=C(CN(c1ccccc1F)S(=O)(=O)c1ccccc1)NCCOc1ccc(S(=O)(=O)N2CCCCC2)cc1. The third-order valence-electron chi connectivity index (χ3n) is 6.21. The van der Waals surface area contributed by atoms with Gasteiger partial charge in [-0.2, -0.15) is 4.31 Å². The maximum absolute atomic E-state index is 14.5. The molecular weight excluding hydrogens is 545 g/mol. The quantitative estimate of drug-likeness (QED) is 0.351. The fourth-order valence-electron chi connectivity index (χ4n) is 4.18. The summed E-state index contributed by atoms with van der Waals surface area (Å²) in [6.45, 7) is 0.488. The molecule has 1 amide bonds. The van der Waals surface area contributed by atoms with Gasteiger partial charge in [-0.05, 0) is 61.4 Å². The molecule has 4 rings (SSSR count). The Morgan fingerprint density at radius 3 is 2.15 bits per heavy atom. The maximum atomic E-state index is 14.5. The number of piperidine rings is 1. The second kappa shape index (κ2) is 12.6. The molecule has 0 aliphatic carbocycles. The molecule has 3 aromatic rings. The molecule has 0 unspecified atom stereocenters. The first-order valence-electron chi connectivity index (χ1n) is 12.5. The number of nitrogens with zero attached hydrogens (tertiary/aromatic N) is 2. The summed E-state index contributed by atoms with van der Waals surface area (Å²) in [4.78, 5) is 12.8. The molecule has 0 radical (unpaired) electrons. The third kappa shape index (κ3) is 6.94. The number of anilines is 1. The zero-order chi connectivity index (χ0) is 27.9. The van der Waals surface area contributed by atoms with Crippen LogP contribution in [0.3, 0.4) is 0 Å². The van der Waals surface area contributed by atoms with Crippen molar-refractivity contribution in [1.82, 2.24) is 9.62 Å². The van der Waals surface area contributed by atoms with Crippen molar-refractivity contribution in [3.05, 3.63) is 84.7 Å². The Morgan fingerprint density at radius 2 is 1.49 bits per heavy atom. The summed E-state index contributed by atoms with van der Waals surface area (Å²) >= 11 is 0. The van der Waals surface area contributed by atoms with Crippen LogP contribution in [-0.2, 0) is 24.8 Å². The molecule has 0 aromatic heterocycles. The Balaban J connectivity index is 1.34. The minimum Gasteiger partial charge on any atom is -0.492 e. The van der Waals surface area contributed by atoms with Crippen molar-refractivity contribution in [2.75, 3.05) is 37.1 Å². The van der Waals surface area contributed by atoms with Gasteiger partial charge in [0.05, 0.1) is 22.0 Å². The van der Waals surface area contributed by atoms with Crippen LogP contribution >= 0.6 is 0 Å². The van der Waals surface area contributed by atoms with Crippen LogP contribution in [-0.4, -0.2) is 59.8 Å². The number of rotatable bonds is 11. The Labute approximate surface area is 228 Å². The lowest BCUT2D eigenvalue weighted by atomic mass is 10.2. The predicted octanol–water partition coefficient (Wildman–Crippen LogP) is 3.39. The van der Waals surface area contributed by atoms with Crippen LogP contribution in [0.2, 0.25) is 0 Å². The van der Waals surface area contributed by atoms with Crippen LogP contribution in [0, 0.1) is 5.82 Å². The van der Waals surface area contributed by atoms with Crippen molar-refractivity contribution in [2.24, 2.45) is 0 Å². The van der Waals surface area contributed by atoms with E-state index in [4.69, 9.17) is 4.74 Å². The molecule has 1 saturated heterocycles. The van der Waals surface area contributed by atoms with E-state index in [1.54, 1.807) is 30.3 Å². The van der Waals surface area contributed by atoms with E-state index < -0.39 is 38.3 Å². The molecule has 12 heteroatoms. The van der Waals surface area contributed by atoms with Crippen LogP contribution in [0.5, 0.6) is 5.75 Å². The number of para-hydroxylation sites is 1. The van der Waals surface area contributed by atoms with Crippen molar-refractivity contribution < 1.29 is 30.8 Å². The summed E-state index contributed by atoms with van der Waals surface area (Å²) in [6.07, 6.45) is 2.73. The monoisotopic (exact) mass is 575 g/mol. The van der Waals surface area contributed by atoms with Gasteiger partial charge in [0.25, 0.3) is 10.0 Å². The van der Waals surface area contributed by atoms with Crippen molar-refractivity contribution in [3.8, 4) is 5.75 Å². The lowest BCUT2D eigenvalue weighted by Crippen LogP contribution is -2.42. The highest BCUT2D eigenvalue weighted by Gasteiger charge is 2.29. The molecule has 0 atom stereocenters. The average Bonchev–Trinajstić information content (AvgIpc) is 2.95. The van der Waals surface area contributed by atoms with Gasteiger partial charge < -0.3 is 10.1 Å². The highest BCUT2D eigenvalue weighted by atomic mass is 32.2. The molecule has 1 heterocycles. The molecule has 1 aliphatic heterocycles. The van der Waals surface area contributed by atoms with E-state index in [9.17, 15) is 26.0 Å². The number of nitrogens with one attached hydrogen (secondary N) is 1. The second-order valence-electron chi connectivity index (χ2n) is 8.91. The summed E-state index contributed by atoms with van der Waals surface area (Å²) in [5.74, 6) is -1.01. The maximum Gasteiger partial charge on any atom is 0.264 e. The zero-order valence-electron chi connectivity index (χ0n) is 21.2. The van der Waals surface area contributed by atoms with Gasteiger partial charge in [-0.1, -0.05) is 36.8 Å². The number of sulfonamides is 2. The Morgan fingerprint density at radius 1 is 0.846 bits per heavy atom. The third-order valence-corrected chi connectivity index (χ3v) is 9.90. The summed E-state index contributed by atoms with van der Waals surface area (Å²) < 4.78 is 74.4. The zero-order valence-corrected chi connectivity index (χ0v) is 22.8. The van der Waals surface area contributed by atoms with Crippen LogP contribution in [0.4, 0.5) is 10.1 Å². The predicted molar refractivity (Wildman–Crippen MR) is 145 cm³/mol. The Hall–Kier alpha value is -3.48. The molecule has 0 saturated carbocycles. The van der Waals surface area contributed by atoms with Crippen LogP contribution in [0.25, 0.3) is 0 Å². The fourth-order valence-corrected chi connectivity index (χ4v) is 7.15. The number of benzene rings is 3.